The number of aromatic hydroxyl groups is 1. The summed E-state index contributed by atoms with van der Waals surface area (Å²) in [7, 11) is 1.77. The van der Waals surface area contributed by atoms with Crippen LogP contribution in [-0.4, -0.2) is 14.7 Å². The van der Waals surface area contributed by atoms with Crippen molar-refractivity contribution in [3.8, 4) is 5.88 Å². The van der Waals surface area contributed by atoms with Crippen molar-refractivity contribution < 1.29 is 9.52 Å². The lowest BCUT2D eigenvalue weighted by Crippen LogP contribution is -1.84. The van der Waals surface area contributed by atoms with Gasteiger partial charge >= 0.3 is 6.01 Å². The van der Waals surface area contributed by atoms with Gasteiger partial charge in [-0.3, -0.25) is 0 Å². The summed E-state index contributed by atoms with van der Waals surface area (Å²) in [6, 6.07) is 15.2. The summed E-state index contributed by atoms with van der Waals surface area (Å²) in [6.45, 7) is 0. The average Bonchev–Trinajstić information content (AvgIpc) is 3.06. The number of aromatic nitrogens is 2. The standard InChI is InChI=1S/C16H12N4O2/c1-20-12-8-4-2-6-10(12)14(15(20)21)18-19-16-17-11-7-3-5-9-13(11)22-16/h2-9,21H,1H3. The highest BCUT2D eigenvalue weighted by molar-refractivity contribution is 5.94. The molecule has 2 aromatic heterocycles. The van der Waals surface area contributed by atoms with Crippen LogP contribution in [0, 0.1) is 0 Å². The second-order valence-electron chi connectivity index (χ2n) is 4.91. The lowest BCUT2D eigenvalue weighted by atomic mass is 10.2. The molecule has 1 N–H and O–H groups in total. The van der Waals surface area contributed by atoms with E-state index in [1.54, 1.807) is 11.6 Å². The Hall–Kier alpha value is -3.15. The number of para-hydroxylation sites is 3. The van der Waals surface area contributed by atoms with E-state index in [2.05, 4.69) is 15.2 Å². The van der Waals surface area contributed by atoms with Crippen molar-refractivity contribution in [3.63, 3.8) is 0 Å². The molecule has 0 unspecified atom stereocenters. The van der Waals surface area contributed by atoms with Gasteiger partial charge in [-0.2, -0.15) is 4.98 Å². The van der Waals surface area contributed by atoms with Crippen LogP contribution >= 0.6 is 0 Å². The molecule has 0 amide bonds. The molecule has 6 nitrogen and oxygen atoms in total. The predicted octanol–water partition coefficient (Wildman–Crippen LogP) is 4.44. The minimum atomic E-state index is 0.0565. The number of aryl methyl sites for hydroxylation is 1. The van der Waals surface area contributed by atoms with Crippen LogP contribution in [0.4, 0.5) is 11.7 Å². The van der Waals surface area contributed by atoms with Gasteiger partial charge in [0.15, 0.2) is 11.3 Å². The van der Waals surface area contributed by atoms with E-state index in [0.29, 0.717) is 11.3 Å². The van der Waals surface area contributed by atoms with Gasteiger partial charge in [0.05, 0.1) is 5.52 Å². The van der Waals surface area contributed by atoms with Crippen molar-refractivity contribution in [2.24, 2.45) is 17.3 Å². The fraction of sp³-hybridized carbons (Fsp3) is 0.0625. The highest BCUT2D eigenvalue weighted by Gasteiger charge is 2.14. The molecule has 108 valence electrons. The molecule has 0 fully saturated rings. The number of nitrogens with zero attached hydrogens (tertiary/aromatic N) is 4. The zero-order valence-corrected chi connectivity index (χ0v) is 11.8. The lowest BCUT2D eigenvalue weighted by molar-refractivity contribution is 0.436. The average molecular weight is 292 g/mol. The number of oxazole rings is 1. The minimum absolute atomic E-state index is 0.0565. The smallest absolute Gasteiger partial charge is 0.341 e. The molecule has 0 bridgehead atoms. The van der Waals surface area contributed by atoms with Gasteiger partial charge in [0, 0.05) is 12.4 Å². The maximum Gasteiger partial charge on any atom is 0.341 e. The Morgan fingerprint density at radius 2 is 1.82 bits per heavy atom. The van der Waals surface area contributed by atoms with Gasteiger partial charge in [0.1, 0.15) is 5.52 Å². The molecule has 22 heavy (non-hydrogen) atoms. The van der Waals surface area contributed by atoms with Gasteiger partial charge in [0.2, 0.25) is 5.88 Å². The van der Waals surface area contributed by atoms with Crippen LogP contribution < -0.4 is 0 Å². The molecule has 4 aromatic rings. The van der Waals surface area contributed by atoms with Crippen molar-refractivity contribution >= 4 is 33.7 Å². The van der Waals surface area contributed by atoms with Crippen molar-refractivity contribution in [1.82, 2.24) is 9.55 Å². The number of fused-ring (bicyclic) bond motifs is 2. The molecule has 0 saturated heterocycles. The molecule has 0 spiro atoms. The number of azo groups is 1. The predicted molar refractivity (Wildman–Crippen MR) is 82.8 cm³/mol. The van der Waals surface area contributed by atoms with Crippen LogP contribution in [0.25, 0.3) is 22.0 Å². The molecule has 0 aliphatic heterocycles. The first-order valence-electron chi connectivity index (χ1n) is 6.78. The van der Waals surface area contributed by atoms with E-state index in [1.165, 1.54) is 0 Å². The molecule has 0 radical (unpaired) electrons. The van der Waals surface area contributed by atoms with Crippen molar-refractivity contribution in [1.29, 1.82) is 0 Å². The van der Waals surface area contributed by atoms with E-state index >= 15 is 0 Å². The number of rotatable bonds is 2. The van der Waals surface area contributed by atoms with E-state index in [9.17, 15) is 5.11 Å². The summed E-state index contributed by atoms with van der Waals surface area (Å²) in [5.41, 5.74) is 2.66. The van der Waals surface area contributed by atoms with E-state index < -0.39 is 0 Å². The highest BCUT2D eigenvalue weighted by Crippen LogP contribution is 2.38. The monoisotopic (exact) mass is 292 g/mol. The van der Waals surface area contributed by atoms with E-state index in [1.807, 2.05) is 48.5 Å². The van der Waals surface area contributed by atoms with Gasteiger partial charge < -0.3 is 14.1 Å². The second-order valence-corrected chi connectivity index (χ2v) is 4.91. The van der Waals surface area contributed by atoms with Crippen molar-refractivity contribution in [2.45, 2.75) is 0 Å². The fourth-order valence-electron chi connectivity index (χ4n) is 2.45. The van der Waals surface area contributed by atoms with Crippen LogP contribution in [0.15, 0.2) is 63.2 Å². The molecule has 2 heterocycles. The molecule has 0 saturated carbocycles. The van der Waals surface area contributed by atoms with Gasteiger partial charge in [-0.15, -0.1) is 5.11 Å². The minimum Gasteiger partial charge on any atom is -0.493 e. The van der Waals surface area contributed by atoms with Crippen LogP contribution in [0.1, 0.15) is 0 Å². The first-order valence-corrected chi connectivity index (χ1v) is 6.78. The summed E-state index contributed by atoms with van der Waals surface area (Å²) in [5, 5.41) is 19.1. The first kappa shape index (κ1) is 12.6. The summed E-state index contributed by atoms with van der Waals surface area (Å²) >= 11 is 0. The van der Waals surface area contributed by atoms with Gasteiger partial charge in [-0.05, 0) is 18.2 Å². The Labute approximate surface area is 125 Å². The third kappa shape index (κ3) is 1.85. The molecule has 0 aliphatic carbocycles. The van der Waals surface area contributed by atoms with Gasteiger partial charge in [-0.25, -0.2) is 0 Å². The molecular formula is C16H12N4O2. The summed E-state index contributed by atoms with van der Waals surface area (Å²) in [5.74, 6) is 0.0565. The third-order valence-corrected chi connectivity index (χ3v) is 3.57. The van der Waals surface area contributed by atoms with Crippen LogP contribution in [-0.2, 0) is 7.05 Å². The lowest BCUT2D eigenvalue weighted by Gasteiger charge is -1.94. The van der Waals surface area contributed by atoms with Crippen LogP contribution in [0.2, 0.25) is 0 Å². The maximum atomic E-state index is 10.2. The largest absolute Gasteiger partial charge is 0.493 e. The zero-order valence-electron chi connectivity index (χ0n) is 11.8. The first-order chi connectivity index (χ1) is 10.7. The Morgan fingerprint density at radius 1 is 1.05 bits per heavy atom. The van der Waals surface area contributed by atoms with Crippen molar-refractivity contribution in [2.75, 3.05) is 0 Å². The topological polar surface area (TPSA) is 75.9 Å². The summed E-state index contributed by atoms with van der Waals surface area (Å²) in [6.07, 6.45) is 0. The third-order valence-electron chi connectivity index (χ3n) is 3.57. The quantitative estimate of drug-likeness (QED) is 0.555. The fourth-order valence-corrected chi connectivity index (χ4v) is 2.45. The number of hydrogen-bond acceptors (Lipinski definition) is 5. The normalized spacial score (nSPS) is 11.9. The number of hydrogen-bond donors (Lipinski definition) is 1. The van der Waals surface area contributed by atoms with Gasteiger partial charge in [0.25, 0.3) is 0 Å². The van der Waals surface area contributed by atoms with Crippen LogP contribution in [0.5, 0.6) is 5.88 Å². The van der Waals surface area contributed by atoms with Gasteiger partial charge in [-0.1, -0.05) is 35.4 Å². The van der Waals surface area contributed by atoms with E-state index in [0.717, 1.165) is 16.4 Å². The molecular weight excluding hydrogens is 280 g/mol. The zero-order chi connectivity index (χ0) is 15.1. The van der Waals surface area contributed by atoms with E-state index in [-0.39, 0.29) is 11.9 Å². The highest BCUT2D eigenvalue weighted by atomic mass is 16.4. The molecule has 6 heteroatoms. The Balaban J connectivity index is 1.81. The van der Waals surface area contributed by atoms with Crippen molar-refractivity contribution in [3.05, 3.63) is 48.5 Å². The maximum absolute atomic E-state index is 10.2. The summed E-state index contributed by atoms with van der Waals surface area (Å²) < 4.78 is 7.15. The Kier molecular flexibility index (Phi) is 2.69. The Morgan fingerprint density at radius 3 is 2.68 bits per heavy atom. The summed E-state index contributed by atoms with van der Waals surface area (Å²) in [4.78, 5) is 4.23. The molecule has 0 atom stereocenters. The number of benzene rings is 2. The SMILES string of the molecule is Cn1c(O)c(N=Nc2nc3ccccc3o2)c2ccccc21. The molecule has 2 aromatic carbocycles. The second kappa shape index (κ2) is 4.70. The molecule has 4 rings (SSSR count). The van der Waals surface area contributed by atoms with E-state index in [4.69, 9.17) is 4.42 Å². The molecule has 0 aliphatic rings. The Bertz CT molecular complexity index is 981. The van der Waals surface area contributed by atoms with Crippen LogP contribution in [0.3, 0.4) is 0 Å².